The summed E-state index contributed by atoms with van der Waals surface area (Å²) in [5, 5.41) is 21.6. The molecule has 2 N–H and O–H groups in total. The van der Waals surface area contributed by atoms with Crippen molar-refractivity contribution in [1.82, 2.24) is 10.1 Å². The maximum absolute atomic E-state index is 11.0. The smallest absolute Gasteiger partial charge is 0.422 e. The van der Waals surface area contributed by atoms with Crippen molar-refractivity contribution in [3.8, 4) is 11.3 Å². The highest BCUT2D eigenvalue weighted by molar-refractivity contribution is 6.17. The Balaban J connectivity index is 2.55. The number of amides is 2. The number of carbonyl (C=O) groups is 2. The molecular weight excluding hydrogens is 290 g/mol. The monoisotopic (exact) mass is 297 g/mol. The van der Waals surface area contributed by atoms with Crippen LogP contribution in [-0.4, -0.2) is 32.5 Å². The summed E-state index contributed by atoms with van der Waals surface area (Å²) >= 11 is 5.59. The van der Waals surface area contributed by atoms with E-state index in [4.69, 9.17) is 26.3 Å². The van der Waals surface area contributed by atoms with Crippen molar-refractivity contribution in [3.63, 3.8) is 0 Å². The van der Waals surface area contributed by atoms with Gasteiger partial charge in [-0.25, -0.2) is 14.6 Å². The maximum Gasteiger partial charge on any atom is 0.422 e. The zero-order chi connectivity index (χ0) is 14.7. The molecule has 8 nitrogen and oxygen atoms in total. The lowest BCUT2D eigenvalue weighted by atomic mass is 10.2. The van der Waals surface area contributed by atoms with E-state index in [1.165, 1.54) is 24.4 Å². The topological polar surface area (TPSA) is 117 Å². The molecule has 0 fully saturated rings. The van der Waals surface area contributed by atoms with Crippen molar-refractivity contribution in [2.24, 2.45) is 0 Å². The molecular formula is C11H8ClN3O5. The summed E-state index contributed by atoms with van der Waals surface area (Å²) in [6, 6.07) is 4.47. The summed E-state index contributed by atoms with van der Waals surface area (Å²) in [7, 11) is 0. The number of rotatable bonds is 3. The molecule has 0 aliphatic carbocycles. The molecule has 0 saturated carbocycles. The van der Waals surface area contributed by atoms with Crippen molar-refractivity contribution in [2.45, 2.75) is 5.88 Å². The van der Waals surface area contributed by atoms with E-state index < -0.39 is 12.2 Å². The first-order chi connectivity index (χ1) is 9.54. The third-order valence-electron chi connectivity index (χ3n) is 2.34. The number of alkyl halides is 1. The Bertz CT molecular complexity index is 643. The van der Waals surface area contributed by atoms with Crippen LogP contribution in [0.1, 0.15) is 5.69 Å². The lowest BCUT2D eigenvalue weighted by Crippen LogP contribution is -2.35. The summed E-state index contributed by atoms with van der Waals surface area (Å²) in [5.74, 6) is 0.00161. The standard InChI is InChI=1S/C11H8ClN3O5/c12-5-6-4-8(20-14-6)7-2-1-3-13-9(7)15(10(16)17)11(18)19/h1-4H,5H2,(H,16,17)(H,18,19). The predicted octanol–water partition coefficient (Wildman–Crippen LogP) is 2.64. The molecule has 0 aromatic carbocycles. The average Bonchev–Trinajstić information content (AvgIpc) is 2.87. The van der Waals surface area contributed by atoms with Gasteiger partial charge in [-0.05, 0) is 12.1 Å². The van der Waals surface area contributed by atoms with E-state index in [-0.39, 0.29) is 27.9 Å². The molecule has 2 aromatic heterocycles. The van der Waals surface area contributed by atoms with Gasteiger partial charge < -0.3 is 14.7 Å². The van der Waals surface area contributed by atoms with Crippen LogP contribution in [0.15, 0.2) is 28.9 Å². The lowest BCUT2D eigenvalue weighted by molar-refractivity contribution is 0.184. The summed E-state index contributed by atoms with van der Waals surface area (Å²) in [6.45, 7) is 0. The van der Waals surface area contributed by atoms with Crippen LogP contribution in [0.25, 0.3) is 11.3 Å². The minimum absolute atomic E-state index is 0.0955. The molecule has 2 amide bonds. The SMILES string of the molecule is O=C(O)N(C(=O)O)c1ncccc1-c1cc(CCl)no1. The summed E-state index contributed by atoms with van der Waals surface area (Å²) in [4.78, 5) is 25.9. The molecule has 2 aromatic rings. The molecule has 0 aliphatic heterocycles. The first-order valence-electron chi connectivity index (χ1n) is 5.27. The molecule has 0 radical (unpaired) electrons. The van der Waals surface area contributed by atoms with E-state index in [9.17, 15) is 9.59 Å². The number of pyridine rings is 1. The zero-order valence-corrected chi connectivity index (χ0v) is 10.6. The van der Waals surface area contributed by atoms with Gasteiger partial charge in [-0.2, -0.15) is 4.90 Å². The fraction of sp³-hybridized carbons (Fsp3) is 0.0909. The minimum Gasteiger partial charge on any atom is -0.464 e. The first kappa shape index (κ1) is 13.8. The van der Waals surface area contributed by atoms with Crippen LogP contribution in [0.4, 0.5) is 15.4 Å². The normalized spacial score (nSPS) is 10.2. The van der Waals surface area contributed by atoms with Crippen LogP contribution in [0.2, 0.25) is 0 Å². The van der Waals surface area contributed by atoms with Gasteiger partial charge in [-0.15, -0.1) is 11.6 Å². The highest BCUT2D eigenvalue weighted by Gasteiger charge is 2.27. The second-order valence-corrected chi connectivity index (χ2v) is 3.86. The van der Waals surface area contributed by atoms with Gasteiger partial charge in [0.05, 0.1) is 17.1 Å². The van der Waals surface area contributed by atoms with Gasteiger partial charge in [0.2, 0.25) is 0 Å². The van der Waals surface area contributed by atoms with Gasteiger partial charge in [0, 0.05) is 12.3 Å². The van der Waals surface area contributed by atoms with E-state index >= 15 is 0 Å². The molecule has 2 rings (SSSR count). The van der Waals surface area contributed by atoms with E-state index in [1.807, 2.05) is 0 Å². The van der Waals surface area contributed by atoms with Crippen LogP contribution in [0, 0.1) is 0 Å². The van der Waals surface area contributed by atoms with Crippen LogP contribution >= 0.6 is 11.6 Å². The Labute approximate surface area is 117 Å². The van der Waals surface area contributed by atoms with Gasteiger partial charge in [0.1, 0.15) is 0 Å². The number of anilines is 1. The summed E-state index contributed by atoms with van der Waals surface area (Å²) in [6.07, 6.45) is -2.07. The third kappa shape index (κ3) is 2.54. The predicted molar refractivity (Wildman–Crippen MR) is 67.8 cm³/mol. The van der Waals surface area contributed by atoms with Crippen LogP contribution < -0.4 is 4.90 Å². The Kier molecular flexibility index (Phi) is 3.85. The number of aromatic nitrogens is 2. The van der Waals surface area contributed by atoms with Crippen molar-refractivity contribution in [2.75, 3.05) is 4.90 Å². The van der Waals surface area contributed by atoms with Crippen molar-refractivity contribution in [1.29, 1.82) is 0 Å². The molecule has 0 atom stereocenters. The Morgan fingerprint density at radius 2 is 2.05 bits per heavy atom. The van der Waals surface area contributed by atoms with Crippen molar-refractivity contribution in [3.05, 3.63) is 30.1 Å². The molecule has 0 aliphatic rings. The summed E-state index contributed by atoms with van der Waals surface area (Å²) in [5.41, 5.74) is 0.620. The number of hydrogen-bond acceptors (Lipinski definition) is 5. The lowest BCUT2D eigenvalue weighted by Gasteiger charge is -2.14. The Hall–Kier alpha value is -2.61. The number of imide groups is 1. The fourth-order valence-corrected chi connectivity index (χ4v) is 1.66. The second kappa shape index (κ2) is 5.57. The Morgan fingerprint density at radius 3 is 2.60 bits per heavy atom. The molecule has 0 saturated heterocycles. The average molecular weight is 298 g/mol. The Morgan fingerprint density at radius 1 is 1.35 bits per heavy atom. The molecule has 9 heteroatoms. The molecule has 104 valence electrons. The summed E-state index contributed by atoms with van der Waals surface area (Å²) < 4.78 is 5.00. The second-order valence-electron chi connectivity index (χ2n) is 3.59. The quantitative estimate of drug-likeness (QED) is 0.836. The number of nitrogens with zero attached hydrogens (tertiary/aromatic N) is 3. The van der Waals surface area contributed by atoms with Gasteiger partial charge in [-0.1, -0.05) is 5.16 Å². The molecule has 0 unspecified atom stereocenters. The van der Waals surface area contributed by atoms with Crippen LogP contribution in [-0.2, 0) is 5.88 Å². The fourth-order valence-electron chi connectivity index (χ4n) is 1.53. The molecule has 20 heavy (non-hydrogen) atoms. The largest absolute Gasteiger partial charge is 0.464 e. The van der Waals surface area contributed by atoms with Gasteiger partial charge in [0.25, 0.3) is 0 Å². The van der Waals surface area contributed by atoms with Crippen molar-refractivity contribution < 1.29 is 24.3 Å². The first-order valence-corrected chi connectivity index (χ1v) is 5.81. The van der Waals surface area contributed by atoms with Gasteiger partial charge in [-0.3, -0.25) is 0 Å². The highest BCUT2D eigenvalue weighted by Crippen LogP contribution is 2.29. The van der Waals surface area contributed by atoms with Crippen LogP contribution in [0.5, 0.6) is 0 Å². The van der Waals surface area contributed by atoms with E-state index in [0.717, 1.165) is 0 Å². The molecule has 0 spiro atoms. The van der Waals surface area contributed by atoms with Crippen molar-refractivity contribution >= 4 is 29.6 Å². The molecule has 2 heterocycles. The number of halogens is 1. The van der Waals surface area contributed by atoms with E-state index in [1.54, 1.807) is 0 Å². The van der Waals surface area contributed by atoms with Gasteiger partial charge in [0.15, 0.2) is 11.6 Å². The number of hydrogen-bond donors (Lipinski definition) is 2. The van der Waals surface area contributed by atoms with Crippen LogP contribution in [0.3, 0.4) is 0 Å². The number of carboxylic acid groups (broad SMARTS) is 2. The highest BCUT2D eigenvalue weighted by atomic mass is 35.5. The zero-order valence-electron chi connectivity index (χ0n) is 9.86. The maximum atomic E-state index is 11.0. The molecule has 0 bridgehead atoms. The third-order valence-corrected chi connectivity index (χ3v) is 2.62. The van der Waals surface area contributed by atoms with E-state index in [2.05, 4.69) is 10.1 Å². The van der Waals surface area contributed by atoms with E-state index in [0.29, 0.717) is 5.69 Å². The minimum atomic E-state index is -1.67. The van der Waals surface area contributed by atoms with Gasteiger partial charge >= 0.3 is 12.2 Å².